The number of carboxylic acids is 1. The first-order valence-corrected chi connectivity index (χ1v) is 5.89. The highest BCUT2D eigenvalue weighted by molar-refractivity contribution is 5.73. The third-order valence-corrected chi connectivity index (χ3v) is 2.87. The van der Waals surface area contributed by atoms with E-state index in [9.17, 15) is 4.79 Å². The van der Waals surface area contributed by atoms with Crippen molar-refractivity contribution >= 4 is 5.97 Å². The van der Waals surface area contributed by atoms with Crippen LogP contribution in [0.4, 0.5) is 0 Å². The lowest BCUT2D eigenvalue weighted by molar-refractivity contribution is -0.140. The number of aliphatic carboxylic acids is 1. The van der Waals surface area contributed by atoms with Gasteiger partial charge in [-0.15, -0.1) is 0 Å². The Labute approximate surface area is 106 Å². The van der Waals surface area contributed by atoms with Gasteiger partial charge in [0.2, 0.25) is 0 Å². The second-order valence-corrected chi connectivity index (χ2v) is 4.16. The van der Waals surface area contributed by atoms with E-state index < -0.39 is 12.0 Å². The molecule has 1 aromatic rings. The summed E-state index contributed by atoms with van der Waals surface area (Å²) in [5, 5.41) is 12.1. The lowest BCUT2D eigenvalue weighted by atomic mass is 9.99. The molecule has 0 aromatic carbocycles. The van der Waals surface area contributed by atoms with Crippen LogP contribution in [-0.4, -0.2) is 34.2 Å². The van der Waals surface area contributed by atoms with Crippen LogP contribution in [0.3, 0.4) is 0 Å². The van der Waals surface area contributed by atoms with Gasteiger partial charge in [-0.05, 0) is 5.92 Å². The fraction of sp³-hybridized carbons (Fsp3) is 0.583. The van der Waals surface area contributed by atoms with E-state index in [4.69, 9.17) is 9.84 Å². The molecule has 1 rings (SSSR count). The molecule has 6 heteroatoms. The van der Waals surface area contributed by atoms with Crippen LogP contribution in [0, 0.1) is 5.92 Å². The zero-order valence-corrected chi connectivity index (χ0v) is 10.9. The van der Waals surface area contributed by atoms with Crippen molar-refractivity contribution in [3.05, 3.63) is 18.0 Å². The third kappa shape index (κ3) is 3.96. The van der Waals surface area contributed by atoms with Gasteiger partial charge in [-0.25, -0.2) is 9.97 Å². The van der Waals surface area contributed by atoms with E-state index in [1.54, 1.807) is 12.4 Å². The van der Waals surface area contributed by atoms with E-state index >= 15 is 0 Å². The largest absolute Gasteiger partial charge is 0.480 e. The standard InChI is InChI=1S/C12H19N3O3/c1-4-8(2)10(11(16)17)13-5-9-6-14-12(18-3)15-7-9/h6-8,10,13H,4-5H2,1-3H3,(H,16,17)/t8-,10-/m1/s1. The summed E-state index contributed by atoms with van der Waals surface area (Å²) in [6, 6.07) is -0.257. The normalized spacial score (nSPS) is 13.9. The molecule has 0 bridgehead atoms. The van der Waals surface area contributed by atoms with Gasteiger partial charge in [0.05, 0.1) is 7.11 Å². The van der Waals surface area contributed by atoms with Crippen molar-refractivity contribution in [1.29, 1.82) is 0 Å². The van der Waals surface area contributed by atoms with E-state index in [0.29, 0.717) is 12.6 Å². The molecule has 0 unspecified atom stereocenters. The summed E-state index contributed by atoms with van der Waals surface area (Å²) in [5.74, 6) is -0.763. The van der Waals surface area contributed by atoms with Crippen LogP contribution in [0.5, 0.6) is 6.01 Å². The topological polar surface area (TPSA) is 84.3 Å². The Balaban J connectivity index is 2.58. The zero-order valence-electron chi connectivity index (χ0n) is 10.9. The summed E-state index contributed by atoms with van der Waals surface area (Å²) < 4.78 is 4.85. The van der Waals surface area contributed by atoms with Crippen LogP contribution in [0.2, 0.25) is 0 Å². The maximum absolute atomic E-state index is 11.1. The second-order valence-electron chi connectivity index (χ2n) is 4.16. The van der Waals surface area contributed by atoms with Gasteiger partial charge in [-0.2, -0.15) is 0 Å². The molecule has 1 aromatic heterocycles. The van der Waals surface area contributed by atoms with Crippen molar-refractivity contribution in [2.45, 2.75) is 32.9 Å². The summed E-state index contributed by atoms with van der Waals surface area (Å²) in [6.45, 7) is 4.31. The highest BCUT2D eigenvalue weighted by Crippen LogP contribution is 2.09. The molecule has 6 nitrogen and oxygen atoms in total. The molecule has 0 saturated heterocycles. The smallest absolute Gasteiger partial charge is 0.320 e. The summed E-state index contributed by atoms with van der Waals surface area (Å²) in [6.07, 6.45) is 4.05. The molecule has 0 fully saturated rings. The Bertz CT molecular complexity index is 381. The lowest BCUT2D eigenvalue weighted by Crippen LogP contribution is -2.41. The Hall–Kier alpha value is -1.69. The quantitative estimate of drug-likeness (QED) is 0.756. The molecule has 0 aliphatic rings. The highest BCUT2D eigenvalue weighted by atomic mass is 16.5. The number of rotatable bonds is 7. The minimum atomic E-state index is -0.834. The molecule has 1 heterocycles. The monoisotopic (exact) mass is 253 g/mol. The van der Waals surface area contributed by atoms with Crippen LogP contribution >= 0.6 is 0 Å². The predicted octanol–water partition coefficient (Wildman–Crippen LogP) is 1.07. The fourth-order valence-electron chi connectivity index (χ4n) is 1.54. The van der Waals surface area contributed by atoms with Gasteiger partial charge in [0, 0.05) is 24.5 Å². The minimum Gasteiger partial charge on any atom is -0.480 e. The van der Waals surface area contributed by atoms with E-state index in [0.717, 1.165) is 12.0 Å². The predicted molar refractivity (Wildman–Crippen MR) is 66.3 cm³/mol. The summed E-state index contributed by atoms with van der Waals surface area (Å²) in [5.41, 5.74) is 0.824. The number of nitrogens with one attached hydrogen (secondary N) is 1. The van der Waals surface area contributed by atoms with E-state index in [1.165, 1.54) is 7.11 Å². The highest BCUT2D eigenvalue weighted by Gasteiger charge is 2.22. The summed E-state index contributed by atoms with van der Waals surface area (Å²) in [7, 11) is 1.50. The first kappa shape index (κ1) is 14.4. The van der Waals surface area contributed by atoms with Gasteiger partial charge in [0.1, 0.15) is 6.04 Å². The maximum Gasteiger partial charge on any atom is 0.320 e. The number of hydrogen-bond donors (Lipinski definition) is 2. The Morgan fingerprint density at radius 2 is 2.11 bits per heavy atom. The molecule has 0 spiro atoms. The molecule has 0 aliphatic heterocycles. The summed E-state index contributed by atoms with van der Waals surface area (Å²) >= 11 is 0. The molecule has 0 amide bonds. The van der Waals surface area contributed by atoms with Crippen molar-refractivity contribution < 1.29 is 14.6 Å². The van der Waals surface area contributed by atoms with Crippen LogP contribution in [0.25, 0.3) is 0 Å². The van der Waals surface area contributed by atoms with Gasteiger partial charge in [-0.1, -0.05) is 20.3 Å². The first-order chi connectivity index (χ1) is 8.58. The van der Waals surface area contributed by atoms with Gasteiger partial charge >= 0.3 is 12.0 Å². The lowest BCUT2D eigenvalue weighted by Gasteiger charge is -2.20. The molecule has 0 saturated carbocycles. The molecule has 100 valence electrons. The van der Waals surface area contributed by atoms with Gasteiger partial charge < -0.3 is 9.84 Å². The number of nitrogens with zero attached hydrogens (tertiary/aromatic N) is 2. The fourth-order valence-corrected chi connectivity index (χ4v) is 1.54. The molecule has 2 N–H and O–H groups in total. The van der Waals surface area contributed by atoms with E-state index in [1.807, 2.05) is 13.8 Å². The number of ether oxygens (including phenoxy) is 1. The molecular formula is C12H19N3O3. The van der Waals surface area contributed by atoms with Crippen LogP contribution < -0.4 is 10.1 Å². The Morgan fingerprint density at radius 1 is 1.50 bits per heavy atom. The van der Waals surface area contributed by atoms with Crippen LogP contribution in [0.15, 0.2) is 12.4 Å². The zero-order chi connectivity index (χ0) is 13.5. The average molecular weight is 253 g/mol. The third-order valence-electron chi connectivity index (χ3n) is 2.87. The Kier molecular flexibility index (Phi) is 5.51. The van der Waals surface area contributed by atoms with Crippen LogP contribution in [-0.2, 0) is 11.3 Å². The number of hydrogen-bond acceptors (Lipinski definition) is 5. The molecular weight excluding hydrogens is 234 g/mol. The van der Waals surface area contributed by atoms with E-state index in [-0.39, 0.29) is 5.92 Å². The van der Waals surface area contributed by atoms with Crippen molar-refractivity contribution in [2.24, 2.45) is 5.92 Å². The van der Waals surface area contributed by atoms with E-state index in [2.05, 4.69) is 15.3 Å². The van der Waals surface area contributed by atoms with Crippen LogP contribution in [0.1, 0.15) is 25.8 Å². The number of carboxylic acid groups (broad SMARTS) is 1. The molecule has 18 heavy (non-hydrogen) atoms. The first-order valence-electron chi connectivity index (χ1n) is 5.89. The van der Waals surface area contributed by atoms with Crippen molar-refractivity contribution in [1.82, 2.24) is 15.3 Å². The molecule has 0 radical (unpaired) electrons. The van der Waals surface area contributed by atoms with Crippen molar-refractivity contribution in [3.8, 4) is 6.01 Å². The Morgan fingerprint density at radius 3 is 2.56 bits per heavy atom. The summed E-state index contributed by atoms with van der Waals surface area (Å²) in [4.78, 5) is 19.0. The van der Waals surface area contributed by atoms with Gasteiger partial charge in [0.15, 0.2) is 0 Å². The minimum absolute atomic E-state index is 0.0710. The van der Waals surface area contributed by atoms with Gasteiger partial charge in [0.25, 0.3) is 0 Å². The van der Waals surface area contributed by atoms with Crippen molar-refractivity contribution in [2.75, 3.05) is 7.11 Å². The average Bonchev–Trinajstić information content (AvgIpc) is 2.39. The molecule has 0 aliphatic carbocycles. The van der Waals surface area contributed by atoms with Gasteiger partial charge in [-0.3, -0.25) is 10.1 Å². The number of methoxy groups -OCH3 is 1. The maximum atomic E-state index is 11.1. The number of carbonyl (C=O) groups is 1. The second kappa shape index (κ2) is 6.90. The van der Waals surface area contributed by atoms with Crippen molar-refractivity contribution in [3.63, 3.8) is 0 Å². The number of aromatic nitrogens is 2. The molecule has 2 atom stereocenters. The SMILES string of the molecule is CC[C@@H](C)[C@@H](NCc1cnc(OC)nc1)C(=O)O.